The van der Waals surface area contributed by atoms with E-state index in [9.17, 15) is 19.3 Å². The molecule has 2 rings (SSSR count). The number of hydrogen-bond donors (Lipinski definition) is 1. The lowest BCUT2D eigenvalue weighted by Gasteiger charge is -2.31. The van der Waals surface area contributed by atoms with Crippen molar-refractivity contribution < 1.29 is 14.1 Å². The van der Waals surface area contributed by atoms with Crippen LogP contribution in [-0.2, 0) is 11.3 Å². The average molecular weight is 281 g/mol. The number of carbonyl (C=O) groups is 1. The van der Waals surface area contributed by atoms with Crippen LogP contribution < -0.4 is 5.73 Å². The molecule has 1 saturated heterocycles. The van der Waals surface area contributed by atoms with Gasteiger partial charge in [-0.3, -0.25) is 19.8 Å². The average Bonchev–Trinajstić information content (AvgIpc) is 2.38. The van der Waals surface area contributed by atoms with Crippen LogP contribution in [0, 0.1) is 21.8 Å². The van der Waals surface area contributed by atoms with Crippen molar-refractivity contribution >= 4 is 11.6 Å². The van der Waals surface area contributed by atoms with Gasteiger partial charge in [0.05, 0.1) is 10.8 Å². The molecule has 1 aromatic rings. The van der Waals surface area contributed by atoms with Gasteiger partial charge in [-0.25, -0.2) is 0 Å². The molecule has 1 aromatic carbocycles. The number of likely N-dealkylation sites (tertiary alicyclic amines) is 1. The highest BCUT2D eigenvalue weighted by Crippen LogP contribution is 2.21. The molecule has 1 aliphatic heterocycles. The summed E-state index contributed by atoms with van der Waals surface area (Å²) < 4.78 is 13.5. The van der Waals surface area contributed by atoms with Crippen molar-refractivity contribution in [2.75, 3.05) is 13.1 Å². The lowest BCUT2D eigenvalue weighted by atomic mass is 9.97. The third-order valence-electron chi connectivity index (χ3n) is 3.52. The van der Waals surface area contributed by atoms with Gasteiger partial charge in [0, 0.05) is 19.2 Å². The highest BCUT2D eigenvalue weighted by Gasteiger charge is 2.24. The minimum absolute atomic E-state index is 0.174. The van der Waals surface area contributed by atoms with Crippen molar-refractivity contribution in [3.63, 3.8) is 0 Å². The third kappa shape index (κ3) is 3.30. The molecule has 20 heavy (non-hydrogen) atoms. The molecule has 0 aliphatic carbocycles. The van der Waals surface area contributed by atoms with Gasteiger partial charge in [-0.1, -0.05) is 6.07 Å². The van der Waals surface area contributed by atoms with E-state index in [2.05, 4.69) is 0 Å². The van der Waals surface area contributed by atoms with E-state index in [1.54, 1.807) is 0 Å². The van der Waals surface area contributed by atoms with Crippen molar-refractivity contribution in [1.29, 1.82) is 0 Å². The number of nitro benzene ring substituents is 1. The third-order valence-corrected chi connectivity index (χ3v) is 3.52. The van der Waals surface area contributed by atoms with Crippen LogP contribution in [-0.4, -0.2) is 28.8 Å². The monoisotopic (exact) mass is 281 g/mol. The van der Waals surface area contributed by atoms with E-state index >= 15 is 0 Å². The van der Waals surface area contributed by atoms with E-state index in [1.165, 1.54) is 18.2 Å². The number of rotatable bonds is 4. The van der Waals surface area contributed by atoms with Gasteiger partial charge in [0.15, 0.2) is 0 Å². The Morgan fingerprint density at radius 1 is 1.55 bits per heavy atom. The molecule has 1 unspecified atom stereocenters. The van der Waals surface area contributed by atoms with Crippen molar-refractivity contribution in [3.05, 3.63) is 39.7 Å². The zero-order valence-electron chi connectivity index (χ0n) is 10.9. The molecular weight excluding hydrogens is 265 g/mol. The first-order valence-corrected chi connectivity index (χ1v) is 6.42. The summed E-state index contributed by atoms with van der Waals surface area (Å²) in [6.07, 6.45) is 1.64. The molecule has 1 fully saturated rings. The fraction of sp³-hybridized carbons (Fsp3) is 0.462. The molecule has 1 aliphatic rings. The van der Waals surface area contributed by atoms with Crippen LogP contribution >= 0.6 is 0 Å². The van der Waals surface area contributed by atoms with E-state index in [0.29, 0.717) is 18.7 Å². The summed E-state index contributed by atoms with van der Waals surface area (Å²) in [5.41, 5.74) is 5.43. The Kier molecular flexibility index (Phi) is 4.29. The van der Waals surface area contributed by atoms with Gasteiger partial charge in [-0.15, -0.1) is 0 Å². The lowest BCUT2D eigenvalue weighted by Crippen LogP contribution is -2.40. The summed E-state index contributed by atoms with van der Waals surface area (Å²) in [5, 5.41) is 10.5. The number of nitrogens with zero attached hydrogens (tertiary/aromatic N) is 2. The van der Waals surface area contributed by atoms with Gasteiger partial charge in [0.2, 0.25) is 11.7 Å². The second-order valence-electron chi connectivity index (χ2n) is 5.02. The van der Waals surface area contributed by atoms with Gasteiger partial charge >= 0.3 is 5.69 Å². The van der Waals surface area contributed by atoms with Crippen LogP contribution in [0.4, 0.5) is 10.1 Å². The molecule has 6 nitrogen and oxygen atoms in total. The number of nitro groups is 1. The first-order valence-electron chi connectivity index (χ1n) is 6.42. The Balaban J connectivity index is 2.04. The van der Waals surface area contributed by atoms with Crippen molar-refractivity contribution in [2.45, 2.75) is 19.4 Å². The van der Waals surface area contributed by atoms with Crippen LogP contribution in [0.25, 0.3) is 0 Å². The van der Waals surface area contributed by atoms with E-state index in [4.69, 9.17) is 5.73 Å². The van der Waals surface area contributed by atoms with Gasteiger partial charge in [0.25, 0.3) is 0 Å². The molecule has 0 aromatic heterocycles. The Bertz CT molecular complexity index is 536. The summed E-state index contributed by atoms with van der Waals surface area (Å²) in [6, 6.07) is 3.88. The standard InChI is InChI=1S/C13H16FN3O3/c14-11-6-9(3-4-12(11)17(19)20)7-16-5-1-2-10(8-16)13(15)18/h3-4,6,10H,1-2,5,7-8H2,(H2,15,18). The lowest BCUT2D eigenvalue weighted by molar-refractivity contribution is -0.387. The number of nitrogens with two attached hydrogens (primary N) is 1. The Labute approximate surface area is 115 Å². The Morgan fingerprint density at radius 3 is 2.90 bits per heavy atom. The van der Waals surface area contributed by atoms with E-state index in [0.717, 1.165) is 19.4 Å². The maximum absolute atomic E-state index is 13.5. The second kappa shape index (κ2) is 5.96. The molecule has 1 atom stereocenters. The fourth-order valence-corrected chi connectivity index (χ4v) is 2.49. The molecule has 7 heteroatoms. The van der Waals surface area contributed by atoms with Crippen LogP contribution in [0.2, 0.25) is 0 Å². The predicted molar refractivity (Wildman–Crippen MR) is 70.2 cm³/mol. The summed E-state index contributed by atoms with van der Waals surface area (Å²) in [6.45, 7) is 1.81. The molecule has 2 N–H and O–H groups in total. The van der Waals surface area contributed by atoms with Gasteiger partial charge < -0.3 is 5.73 Å². The molecule has 0 spiro atoms. The summed E-state index contributed by atoms with van der Waals surface area (Å²) >= 11 is 0. The van der Waals surface area contributed by atoms with Crippen LogP contribution in [0.3, 0.4) is 0 Å². The SMILES string of the molecule is NC(=O)C1CCCN(Cc2ccc([N+](=O)[O-])c(F)c2)C1. The first kappa shape index (κ1) is 14.4. The number of primary amides is 1. The number of amides is 1. The molecule has 1 heterocycles. The highest BCUT2D eigenvalue weighted by molar-refractivity contribution is 5.76. The van der Waals surface area contributed by atoms with E-state index < -0.39 is 16.4 Å². The maximum Gasteiger partial charge on any atom is 0.304 e. The minimum Gasteiger partial charge on any atom is -0.369 e. The summed E-state index contributed by atoms with van der Waals surface area (Å²) in [7, 11) is 0. The van der Waals surface area contributed by atoms with Crippen molar-refractivity contribution in [1.82, 2.24) is 4.90 Å². The minimum atomic E-state index is -0.837. The Hall–Kier alpha value is -2.02. The fourth-order valence-electron chi connectivity index (χ4n) is 2.49. The molecule has 0 bridgehead atoms. The van der Waals surface area contributed by atoms with Crippen LogP contribution in [0.15, 0.2) is 18.2 Å². The van der Waals surface area contributed by atoms with Crippen LogP contribution in [0.5, 0.6) is 0 Å². The second-order valence-corrected chi connectivity index (χ2v) is 5.02. The summed E-state index contributed by atoms with van der Waals surface area (Å²) in [4.78, 5) is 23.0. The number of hydrogen-bond acceptors (Lipinski definition) is 4. The van der Waals surface area contributed by atoms with E-state index in [1.807, 2.05) is 4.90 Å². The van der Waals surface area contributed by atoms with Crippen molar-refractivity contribution in [3.8, 4) is 0 Å². The predicted octanol–water partition coefficient (Wildman–Crippen LogP) is 1.43. The maximum atomic E-state index is 13.5. The number of halogens is 1. The molecule has 0 radical (unpaired) electrons. The van der Waals surface area contributed by atoms with Crippen LogP contribution in [0.1, 0.15) is 18.4 Å². The molecule has 0 saturated carbocycles. The summed E-state index contributed by atoms with van der Waals surface area (Å²) in [5.74, 6) is -1.33. The molecular formula is C13H16FN3O3. The van der Waals surface area contributed by atoms with Gasteiger partial charge in [0.1, 0.15) is 0 Å². The normalized spacial score (nSPS) is 19.8. The first-order chi connectivity index (χ1) is 9.47. The van der Waals surface area contributed by atoms with Gasteiger partial charge in [-0.05, 0) is 31.0 Å². The zero-order chi connectivity index (χ0) is 14.7. The largest absolute Gasteiger partial charge is 0.369 e. The number of benzene rings is 1. The smallest absolute Gasteiger partial charge is 0.304 e. The van der Waals surface area contributed by atoms with Gasteiger partial charge in [-0.2, -0.15) is 4.39 Å². The quantitative estimate of drug-likeness (QED) is 0.667. The Morgan fingerprint density at radius 2 is 2.30 bits per heavy atom. The zero-order valence-corrected chi connectivity index (χ0v) is 10.9. The van der Waals surface area contributed by atoms with E-state index in [-0.39, 0.29) is 11.8 Å². The topological polar surface area (TPSA) is 89.5 Å². The molecule has 108 valence electrons. The highest BCUT2D eigenvalue weighted by atomic mass is 19.1. The van der Waals surface area contributed by atoms with Crippen molar-refractivity contribution in [2.24, 2.45) is 11.7 Å². The number of carbonyl (C=O) groups excluding carboxylic acids is 1. The number of piperidine rings is 1. The molecule has 1 amide bonds.